The Morgan fingerprint density at radius 1 is 1.50 bits per heavy atom. The zero-order valence-electron chi connectivity index (χ0n) is 9.34. The van der Waals surface area contributed by atoms with Crippen LogP contribution < -0.4 is 15.4 Å². The molecule has 0 radical (unpaired) electrons. The Bertz CT molecular complexity index is 369. The van der Waals surface area contributed by atoms with Gasteiger partial charge in [0.25, 0.3) is 0 Å². The molecule has 0 atom stereocenters. The quantitative estimate of drug-likeness (QED) is 0.776. The number of rotatable bonds is 5. The summed E-state index contributed by atoms with van der Waals surface area (Å²) in [5.41, 5.74) is 0.697. The number of amides is 1. The van der Waals surface area contributed by atoms with Crippen LogP contribution in [0.3, 0.4) is 0 Å². The number of carbonyl (C=O) groups excluding carboxylic acids is 1. The normalized spacial score (nSPS) is 9.94. The molecule has 0 aliphatic heterocycles. The largest absolute Gasteiger partial charge is 0.494 e. The van der Waals surface area contributed by atoms with E-state index in [9.17, 15) is 9.18 Å². The van der Waals surface area contributed by atoms with Crippen LogP contribution >= 0.6 is 0 Å². The molecule has 4 nitrogen and oxygen atoms in total. The zero-order chi connectivity index (χ0) is 12.0. The third-order valence-electron chi connectivity index (χ3n) is 2.04. The fourth-order valence-corrected chi connectivity index (χ4v) is 1.24. The van der Waals surface area contributed by atoms with Gasteiger partial charge in [0.05, 0.1) is 13.7 Å². The van der Waals surface area contributed by atoms with Gasteiger partial charge in [-0.25, -0.2) is 4.39 Å². The minimum Gasteiger partial charge on any atom is -0.494 e. The molecule has 0 aromatic heterocycles. The van der Waals surface area contributed by atoms with Crippen molar-refractivity contribution in [2.75, 3.05) is 20.7 Å². The number of carbonyl (C=O) groups is 1. The molecule has 1 aromatic carbocycles. The Hall–Kier alpha value is -1.62. The molecule has 16 heavy (non-hydrogen) atoms. The van der Waals surface area contributed by atoms with Gasteiger partial charge >= 0.3 is 0 Å². The number of benzene rings is 1. The van der Waals surface area contributed by atoms with E-state index in [1.165, 1.54) is 19.2 Å². The Labute approximate surface area is 93.8 Å². The molecule has 0 saturated carbocycles. The van der Waals surface area contributed by atoms with Crippen molar-refractivity contribution >= 4 is 5.91 Å². The summed E-state index contributed by atoms with van der Waals surface area (Å²) in [6, 6.07) is 4.59. The van der Waals surface area contributed by atoms with Crippen LogP contribution in [0.5, 0.6) is 5.75 Å². The predicted octanol–water partition coefficient (Wildman–Crippen LogP) is 0.670. The molecule has 1 aromatic rings. The summed E-state index contributed by atoms with van der Waals surface area (Å²) in [5.74, 6) is -0.355. The van der Waals surface area contributed by atoms with Crippen molar-refractivity contribution in [3.8, 4) is 5.75 Å². The molecule has 0 spiro atoms. The zero-order valence-corrected chi connectivity index (χ0v) is 9.34. The van der Waals surface area contributed by atoms with Crippen LogP contribution in [0.1, 0.15) is 5.56 Å². The molecule has 0 unspecified atom stereocenters. The molecule has 0 aliphatic rings. The smallest absolute Gasteiger partial charge is 0.234 e. The van der Waals surface area contributed by atoms with E-state index in [0.717, 1.165) is 0 Å². The molecular weight excluding hydrogens is 211 g/mol. The minimum absolute atomic E-state index is 0.126. The van der Waals surface area contributed by atoms with Crippen LogP contribution in [0, 0.1) is 5.82 Å². The number of hydrogen-bond acceptors (Lipinski definition) is 3. The van der Waals surface area contributed by atoms with Gasteiger partial charge < -0.3 is 15.4 Å². The molecule has 0 bridgehead atoms. The average molecular weight is 226 g/mol. The van der Waals surface area contributed by atoms with E-state index < -0.39 is 5.82 Å². The van der Waals surface area contributed by atoms with E-state index in [4.69, 9.17) is 4.74 Å². The van der Waals surface area contributed by atoms with Gasteiger partial charge in [-0.05, 0) is 24.7 Å². The van der Waals surface area contributed by atoms with Gasteiger partial charge in [-0.2, -0.15) is 0 Å². The molecule has 1 rings (SSSR count). The summed E-state index contributed by atoms with van der Waals surface area (Å²) in [4.78, 5) is 11.1. The van der Waals surface area contributed by atoms with Crippen LogP contribution in [0.2, 0.25) is 0 Å². The molecule has 0 aliphatic carbocycles. The van der Waals surface area contributed by atoms with Crippen LogP contribution in [0.25, 0.3) is 0 Å². The first-order chi connectivity index (χ1) is 7.67. The highest BCUT2D eigenvalue weighted by Gasteiger charge is 2.04. The SMILES string of the molecule is CNCC(=O)NCc1ccc(OC)c(F)c1. The molecule has 1 amide bonds. The van der Waals surface area contributed by atoms with Gasteiger partial charge in [0, 0.05) is 6.54 Å². The highest BCUT2D eigenvalue weighted by atomic mass is 19.1. The van der Waals surface area contributed by atoms with Crippen molar-refractivity contribution in [3.63, 3.8) is 0 Å². The number of nitrogens with one attached hydrogen (secondary N) is 2. The number of methoxy groups -OCH3 is 1. The van der Waals surface area contributed by atoms with Crippen molar-refractivity contribution in [2.45, 2.75) is 6.54 Å². The first-order valence-electron chi connectivity index (χ1n) is 4.91. The summed E-state index contributed by atoms with van der Waals surface area (Å²) >= 11 is 0. The molecule has 0 saturated heterocycles. The van der Waals surface area contributed by atoms with Crippen LogP contribution in [0.4, 0.5) is 4.39 Å². The second-order valence-corrected chi connectivity index (χ2v) is 3.28. The third-order valence-corrected chi connectivity index (χ3v) is 2.04. The first-order valence-corrected chi connectivity index (χ1v) is 4.91. The summed E-state index contributed by atoms with van der Waals surface area (Å²) in [6.07, 6.45) is 0. The van der Waals surface area contributed by atoms with E-state index >= 15 is 0 Å². The summed E-state index contributed by atoms with van der Waals surface area (Å²) < 4.78 is 18.1. The maximum atomic E-state index is 13.3. The summed E-state index contributed by atoms with van der Waals surface area (Å²) in [5, 5.41) is 5.38. The number of likely N-dealkylation sites (N-methyl/N-ethyl adjacent to an activating group) is 1. The Balaban J connectivity index is 2.55. The molecule has 2 N–H and O–H groups in total. The van der Waals surface area contributed by atoms with Gasteiger partial charge in [0.2, 0.25) is 5.91 Å². The topological polar surface area (TPSA) is 50.4 Å². The summed E-state index contributed by atoms with van der Waals surface area (Å²) in [7, 11) is 3.10. The van der Waals surface area contributed by atoms with Crippen LogP contribution in [-0.2, 0) is 11.3 Å². The fraction of sp³-hybridized carbons (Fsp3) is 0.364. The number of ether oxygens (including phenoxy) is 1. The molecular formula is C11H15FN2O2. The Morgan fingerprint density at radius 2 is 2.25 bits per heavy atom. The van der Waals surface area contributed by atoms with Gasteiger partial charge in [-0.1, -0.05) is 6.07 Å². The second-order valence-electron chi connectivity index (χ2n) is 3.28. The highest BCUT2D eigenvalue weighted by molar-refractivity contribution is 5.77. The van der Waals surface area contributed by atoms with E-state index in [2.05, 4.69) is 10.6 Å². The lowest BCUT2D eigenvalue weighted by Crippen LogP contribution is -2.31. The lowest BCUT2D eigenvalue weighted by atomic mass is 10.2. The summed E-state index contributed by atoms with van der Waals surface area (Å²) in [6.45, 7) is 0.556. The van der Waals surface area contributed by atoms with E-state index in [-0.39, 0.29) is 18.2 Å². The van der Waals surface area contributed by atoms with Gasteiger partial charge in [-0.15, -0.1) is 0 Å². The lowest BCUT2D eigenvalue weighted by molar-refractivity contribution is -0.120. The maximum absolute atomic E-state index is 13.3. The molecule has 0 fully saturated rings. The van der Waals surface area contributed by atoms with E-state index in [1.807, 2.05) is 0 Å². The standard InChI is InChI=1S/C11H15FN2O2/c1-13-7-11(15)14-6-8-3-4-10(16-2)9(12)5-8/h3-5,13H,6-7H2,1-2H3,(H,14,15). The van der Waals surface area contributed by atoms with Crippen LogP contribution in [0.15, 0.2) is 18.2 Å². The first kappa shape index (κ1) is 12.4. The number of hydrogen-bond donors (Lipinski definition) is 2. The highest BCUT2D eigenvalue weighted by Crippen LogP contribution is 2.17. The van der Waals surface area contributed by atoms with Crippen molar-refractivity contribution in [1.82, 2.24) is 10.6 Å². The lowest BCUT2D eigenvalue weighted by Gasteiger charge is -2.06. The van der Waals surface area contributed by atoms with E-state index in [1.54, 1.807) is 13.1 Å². The van der Waals surface area contributed by atoms with Crippen LogP contribution in [-0.4, -0.2) is 26.6 Å². The third kappa shape index (κ3) is 3.51. The number of halogens is 1. The Kier molecular flexibility index (Phi) is 4.72. The molecule has 0 heterocycles. The average Bonchev–Trinajstić information content (AvgIpc) is 2.27. The van der Waals surface area contributed by atoms with Gasteiger partial charge in [0.1, 0.15) is 0 Å². The Morgan fingerprint density at radius 3 is 2.81 bits per heavy atom. The fourth-order valence-electron chi connectivity index (χ4n) is 1.24. The molecule has 88 valence electrons. The van der Waals surface area contributed by atoms with Gasteiger partial charge in [-0.3, -0.25) is 4.79 Å². The monoisotopic (exact) mass is 226 g/mol. The predicted molar refractivity (Wildman–Crippen MR) is 58.7 cm³/mol. The van der Waals surface area contributed by atoms with Crippen molar-refractivity contribution < 1.29 is 13.9 Å². The van der Waals surface area contributed by atoms with Crippen molar-refractivity contribution in [2.24, 2.45) is 0 Å². The molecule has 5 heteroatoms. The van der Waals surface area contributed by atoms with E-state index in [0.29, 0.717) is 12.1 Å². The second kappa shape index (κ2) is 6.07. The van der Waals surface area contributed by atoms with Crippen molar-refractivity contribution in [3.05, 3.63) is 29.6 Å². The minimum atomic E-state index is -0.428. The van der Waals surface area contributed by atoms with Gasteiger partial charge in [0.15, 0.2) is 11.6 Å². The van der Waals surface area contributed by atoms with Crippen molar-refractivity contribution in [1.29, 1.82) is 0 Å². The maximum Gasteiger partial charge on any atom is 0.234 e.